The van der Waals surface area contributed by atoms with Crippen LogP contribution in [0.25, 0.3) is 0 Å². The number of ether oxygens (including phenoxy) is 1. The highest BCUT2D eigenvalue weighted by Crippen LogP contribution is 2.07. The van der Waals surface area contributed by atoms with E-state index in [2.05, 4.69) is 15.4 Å². The third-order valence-corrected chi connectivity index (χ3v) is 4.48. The van der Waals surface area contributed by atoms with Crippen molar-refractivity contribution in [2.24, 2.45) is 0 Å². The van der Waals surface area contributed by atoms with Crippen molar-refractivity contribution in [2.45, 2.75) is 51.7 Å². The predicted molar refractivity (Wildman–Crippen MR) is 110 cm³/mol. The molecule has 0 aliphatic rings. The van der Waals surface area contributed by atoms with Gasteiger partial charge in [-0.3, -0.25) is 0 Å². The molecule has 0 heterocycles. The Labute approximate surface area is 175 Å². The fourth-order valence-corrected chi connectivity index (χ4v) is 2.98. The number of urea groups is 1. The fourth-order valence-electron chi connectivity index (χ4n) is 2.23. The van der Waals surface area contributed by atoms with Crippen LogP contribution in [0.5, 0.6) is 0 Å². The Balaban J connectivity index is 2.36. The SMILES string of the molecule is CC(C)(C)OC(=O)NS(=O)(=O)NCCCC[C@H](NC(=O)Nc1ccccc1)C(=O)O. The third-order valence-electron chi connectivity index (χ3n) is 3.46. The molecule has 1 aromatic rings. The first-order valence-corrected chi connectivity index (χ1v) is 10.7. The Morgan fingerprint density at radius 1 is 1.10 bits per heavy atom. The average Bonchev–Trinajstić information content (AvgIpc) is 2.58. The molecule has 1 aromatic carbocycles. The molecular weight excluding hydrogens is 416 g/mol. The van der Waals surface area contributed by atoms with Gasteiger partial charge < -0.3 is 20.5 Å². The van der Waals surface area contributed by atoms with Gasteiger partial charge in [0.05, 0.1) is 0 Å². The van der Waals surface area contributed by atoms with Gasteiger partial charge in [0.15, 0.2) is 0 Å². The van der Waals surface area contributed by atoms with E-state index in [0.717, 1.165) is 0 Å². The van der Waals surface area contributed by atoms with Crippen molar-refractivity contribution in [1.29, 1.82) is 0 Å². The van der Waals surface area contributed by atoms with Gasteiger partial charge in [-0.05, 0) is 52.2 Å². The molecule has 0 aliphatic heterocycles. The molecule has 1 atom stereocenters. The van der Waals surface area contributed by atoms with E-state index in [1.807, 2.05) is 0 Å². The number of hydrogen-bond acceptors (Lipinski definition) is 6. The highest BCUT2D eigenvalue weighted by atomic mass is 32.2. The second-order valence-corrected chi connectivity index (χ2v) is 8.85. The maximum absolute atomic E-state index is 11.9. The molecule has 12 heteroatoms. The van der Waals surface area contributed by atoms with E-state index in [0.29, 0.717) is 18.5 Å². The molecule has 1 rings (SSSR count). The van der Waals surface area contributed by atoms with Crippen LogP contribution in [-0.2, 0) is 19.7 Å². The average molecular weight is 445 g/mol. The van der Waals surface area contributed by atoms with Gasteiger partial charge in [0.25, 0.3) is 0 Å². The summed E-state index contributed by atoms with van der Waals surface area (Å²) in [7, 11) is -4.09. The van der Waals surface area contributed by atoms with E-state index in [4.69, 9.17) is 4.74 Å². The number of nitrogens with one attached hydrogen (secondary N) is 4. The van der Waals surface area contributed by atoms with Crippen molar-refractivity contribution in [2.75, 3.05) is 11.9 Å². The Kier molecular flexibility index (Phi) is 9.53. The monoisotopic (exact) mass is 444 g/mol. The van der Waals surface area contributed by atoms with Crippen molar-refractivity contribution in [3.8, 4) is 0 Å². The van der Waals surface area contributed by atoms with E-state index >= 15 is 0 Å². The maximum Gasteiger partial charge on any atom is 0.422 e. The Bertz CT molecular complexity index is 823. The largest absolute Gasteiger partial charge is 0.480 e. The quantitative estimate of drug-likeness (QED) is 0.343. The maximum atomic E-state index is 11.9. The number of hydrogen-bond donors (Lipinski definition) is 5. The molecule has 0 aromatic heterocycles. The Hall–Kier alpha value is -2.86. The van der Waals surface area contributed by atoms with E-state index in [1.165, 1.54) is 0 Å². The Morgan fingerprint density at radius 3 is 2.30 bits per heavy atom. The summed E-state index contributed by atoms with van der Waals surface area (Å²) in [5.41, 5.74) is -0.323. The lowest BCUT2D eigenvalue weighted by atomic mass is 10.1. The minimum absolute atomic E-state index is 0.0271. The number of aliphatic carboxylic acids is 1. The van der Waals surface area contributed by atoms with Crippen LogP contribution in [0.3, 0.4) is 0 Å². The number of carboxylic acid groups (broad SMARTS) is 1. The van der Waals surface area contributed by atoms with Crippen molar-refractivity contribution in [1.82, 2.24) is 14.8 Å². The number of rotatable bonds is 10. The summed E-state index contributed by atoms with van der Waals surface area (Å²) >= 11 is 0. The van der Waals surface area contributed by atoms with Gasteiger partial charge in [-0.25, -0.2) is 19.1 Å². The molecule has 3 amide bonds. The summed E-state index contributed by atoms with van der Waals surface area (Å²) in [6.45, 7) is 4.76. The molecule has 0 fully saturated rings. The number of carboxylic acids is 1. The number of unbranched alkanes of at least 4 members (excludes halogenated alkanes) is 1. The highest BCUT2D eigenvalue weighted by molar-refractivity contribution is 7.88. The molecule has 0 radical (unpaired) electrons. The van der Waals surface area contributed by atoms with E-state index < -0.39 is 39.9 Å². The molecule has 0 spiro atoms. The number of carbonyl (C=O) groups excluding carboxylic acids is 2. The summed E-state index contributed by atoms with van der Waals surface area (Å²) in [6, 6.07) is 6.76. The zero-order valence-corrected chi connectivity index (χ0v) is 17.9. The van der Waals surface area contributed by atoms with Crippen LogP contribution in [0.4, 0.5) is 15.3 Å². The van der Waals surface area contributed by atoms with Crippen LogP contribution in [0.1, 0.15) is 40.0 Å². The van der Waals surface area contributed by atoms with Gasteiger partial charge >= 0.3 is 28.3 Å². The molecule has 30 heavy (non-hydrogen) atoms. The second-order valence-electron chi connectivity index (χ2n) is 7.35. The van der Waals surface area contributed by atoms with Gasteiger partial charge in [0.1, 0.15) is 11.6 Å². The van der Waals surface area contributed by atoms with Crippen LogP contribution in [0.2, 0.25) is 0 Å². The number of amides is 3. The van der Waals surface area contributed by atoms with Gasteiger partial charge in [-0.2, -0.15) is 13.1 Å². The number of carbonyl (C=O) groups is 3. The minimum Gasteiger partial charge on any atom is -0.480 e. The normalized spacial score (nSPS) is 12.5. The van der Waals surface area contributed by atoms with Crippen LogP contribution < -0.4 is 20.1 Å². The molecule has 5 N–H and O–H groups in total. The summed E-state index contributed by atoms with van der Waals surface area (Å²) < 4.78 is 32.3. The molecule has 0 bridgehead atoms. The van der Waals surface area contributed by atoms with Crippen molar-refractivity contribution in [3.63, 3.8) is 0 Å². The summed E-state index contributed by atoms with van der Waals surface area (Å²) in [5.74, 6) is -1.20. The summed E-state index contributed by atoms with van der Waals surface area (Å²) in [5, 5.41) is 14.1. The number of para-hydroxylation sites is 1. The van der Waals surface area contributed by atoms with Gasteiger partial charge in [0.2, 0.25) is 0 Å². The second kappa shape index (κ2) is 11.4. The standard InChI is InChI=1S/C18H28N4O7S/c1-18(2,3)29-17(26)22-30(27,28)19-12-8-7-11-14(15(23)24)21-16(25)20-13-9-5-4-6-10-13/h4-6,9-10,14,19H,7-8,11-12H2,1-3H3,(H,22,26)(H,23,24)(H2,20,21,25)/t14-/m0/s1. The van der Waals surface area contributed by atoms with E-state index in [9.17, 15) is 27.9 Å². The lowest BCUT2D eigenvalue weighted by Gasteiger charge is -2.19. The van der Waals surface area contributed by atoms with Crippen LogP contribution in [0.15, 0.2) is 30.3 Å². The topological polar surface area (TPSA) is 163 Å². The molecular formula is C18H28N4O7S. The first-order valence-electron chi connectivity index (χ1n) is 9.24. The van der Waals surface area contributed by atoms with Gasteiger partial charge in [-0.1, -0.05) is 18.2 Å². The zero-order valence-electron chi connectivity index (χ0n) is 17.1. The first-order chi connectivity index (χ1) is 13.9. The molecule has 0 saturated heterocycles. The third kappa shape index (κ3) is 11.2. The van der Waals surface area contributed by atoms with Crippen LogP contribution >= 0.6 is 0 Å². The van der Waals surface area contributed by atoms with Crippen molar-refractivity contribution in [3.05, 3.63) is 30.3 Å². The lowest BCUT2D eigenvalue weighted by Crippen LogP contribution is -2.43. The first kappa shape index (κ1) is 25.2. The van der Waals surface area contributed by atoms with E-state index in [-0.39, 0.29) is 13.0 Å². The van der Waals surface area contributed by atoms with Crippen LogP contribution in [-0.4, -0.2) is 49.8 Å². The molecule has 0 saturated carbocycles. The van der Waals surface area contributed by atoms with E-state index in [1.54, 1.807) is 55.8 Å². The van der Waals surface area contributed by atoms with Gasteiger partial charge in [-0.15, -0.1) is 0 Å². The Morgan fingerprint density at radius 2 is 1.73 bits per heavy atom. The number of anilines is 1. The molecule has 11 nitrogen and oxygen atoms in total. The zero-order chi connectivity index (χ0) is 22.8. The smallest absolute Gasteiger partial charge is 0.422 e. The highest BCUT2D eigenvalue weighted by Gasteiger charge is 2.22. The van der Waals surface area contributed by atoms with Crippen LogP contribution in [0, 0.1) is 0 Å². The number of benzene rings is 1. The summed E-state index contributed by atoms with van der Waals surface area (Å²) in [4.78, 5) is 34.7. The van der Waals surface area contributed by atoms with Gasteiger partial charge in [0, 0.05) is 12.2 Å². The predicted octanol–water partition coefficient (Wildman–Crippen LogP) is 1.79. The summed E-state index contributed by atoms with van der Waals surface area (Å²) in [6.07, 6.45) is -0.397. The molecule has 0 aliphatic carbocycles. The molecule has 0 unspecified atom stereocenters. The molecule has 168 valence electrons. The fraction of sp³-hybridized carbons (Fsp3) is 0.500. The van der Waals surface area contributed by atoms with Crippen molar-refractivity contribution < 1.29 is 32.6 Å². The minimum atomic E-state index is -4.09. The lowest BCUT2D eigenvalue weighted by molar-refractivity contribution is -0.139. The van der Waals surface area contributed by atoms with Crippen molar-refractivity contribution >= 4 is 34.0 Å².